The molecule has 0 saturated heterocycles. The molecular weight excluding hydrogens is 348 g/mol. The van der Waals surface area contributed by atoms with Crippen molar-refractivity contribution in [2.45, 2.75) is 25.7 Å². The van der Waals surface area contributed by atoms with E-state index < -0.39 is 77.0 Å². The minimum Gasteiger partial charge on any atom is -0.481 e. The number of hydrogen-bond acceptors (Lipinski definition) is 5. The number of Topliss-reactive ketones (excluding diaryl/α,β-unsaturated/α-hetero) is 1. The zero-order chi connectivity index (χ0) is 19.3. The third-order valence-corrected chi connectivity index (χ3v) is 6.60. The second-order valence-electron chi connectivity index (χ2n) is 7.61. The molecular formula is C17H20O9. The first-order chi connectivity index (χ1) is 12.1. The van der Waals surface area contributed by atoms with Crippen LogP contribution in [0.25, 0.3) is 0 Å². The normalized spacial score (nSPS) is 41.8. The van der Waals surface area contributed by atoms with Gasteiger partial charge in [-0.25, -0.2) is 0 Å². The van der Waals surface area contributed by atoms with Gasteiger partial charge in [-0.3, -0.25) is 24.0 Å². The van der Waals surface area contributed by atoms with Crippen molar-refractivity contribution in [3.05, 3.63) is 0 Å². The van der Waals surface area contributed by atoms with Gasteiger partial charge in [0.15, 0.2) is 0 Å². The summed E-state index contributed by atoms with van der Waals surface area (Å²) in [4.78, 5) is 59.5. The first kappa shape index (κ1) is 18.3. The van der Waals surface area contributed by atoms with E-state index >= 15 is 0 Å². The lowest BCUT2D eigenvalue weighted by Crippen LogP contribution is -2.38. The molecule has 9 nitrogen and oxygen atoms in total. The number of carboxylic acid groups (broad SMARTS) is 4. The minimum atomic E-state index is -1.27. The van der Waals surface area contributed by atoms with Gasteiger partial charge in [0.1, 0.15) is 5.78 Å². The lowest BCUT2D eigenvalue weighted by Gasteiger charge is -2.25. The zero-order valence-electron chi connectivity index (χ0n) is 13.8. The van der Waals surface area contributed by atoms with Crippen molar-refractivity contribution >= 4 is 29.7 Å². The number of carbonyl (C=O) groups excluding carboxylic acids is 1. The highest BCUT2D eigenvalue weighted by atomic mass is 16.4. The molecule has 0 heterocycles. The molecule has 8 atom stereocenters. The summed E-state index contributed by atoms with van der Waals surface area (Å²) in [6.45, 7) is 0. The number of carbonyl (C=O) groups is 5. The molecule has 0 aromatic heterocycles. The molecule has 4 N–H and O–H groups in total. The summed E-state index contributed by atoms with van der Waals surface area (Å²) in [5.41, 5.74) is 0. The lowest BCUT2D eigenvalue weighted by atomic mass is 9.76. The summed E-state index contributed by atoms with van der Waals surface area (Å²) in [7, 11) is 0. The van der Waals surface area contributed by atoms with Crippen LogP contribution in [0.4, 0.5) is 0 Å². The Bertz CT molecular complexity index is 628. The highest BCUT2D eigenvalue weighted by Gasteiger charge is 2.61. The molecule has 142 valence electrons. The van der Waals surface area contributed by atoms with Crippen LogP contribution in [-0.4, -0.2) is 50.1 Å². The van der Waals surface area contributed by atoms with E-state index in [9.17, 15) is 44.4 Å². The standard InChI is InChI=1S/C17H20O9/c18-13-11-5(7(14(19)20)3-9(11)16(23)24)1-2-6-8(15(21)22)4-10(12(6)13)17(25)26/h5-12H,1-4H2,(H,19,20)(H,21,22)(H,23,24)(H,25,26)/t5-,6-,7-,8-,9+,10+,11-,12-/m1/s1. The van der Waals surface area contributed by atoms with E-state index in [1.165, 1.54) is 0 Å². The number of hydrogen-bond donors (Lipinski definition) is 4. The van der Waals surface area contributed by atoms with Crippen LogP contribution >= 0.6 is 0 Å². The molecule has 3 saturated carbocycles. The zero-order valence-corrected chi connectivity index (χ0v) is 13.8. The molecule has 9 heteroatoms. The largest absolute Gasteiger partial charge is 0.481 e. The molecule has 0 radical (unpaired) electrons. The van der Waals surface area contributed by atoms with Crippen LogP contribution in [0.15, 0.2) is 0 Å². The Hall–Kier alpha value is -2.45. The average Bonchev–Trinajstić information content (AvgIpc) is 3.07. The molecule has 0 aromatic carbocycles. The van der Waals surface area contributed by atoms with Crippen molar-refractivity contribution in [2.24, 2.45) is 47.3 Å². The Balaban J connectivity index is 2.03. The highest BCUT2D eigenvalue weighted by Crippen LogP contribution is 2.55. The van der Waals surface area contributed by atoms with Crippen LogP contribution in [0.3, 0.4) is 0 Å². The summed E-state index contributed by atoms with van der Waals surface area (Å²) in [5, 5.41) is 37.8. The van der Waals surface area contributed by atoms with E-state index in [-0.39, 0.29) is 25.7 Å². The van der Waals surface area contributed by atoms with Gasteiger partial charge >= 0.3 is 23.9 Å². The van der Waals surface area contributed by atoms with Crippen LogP contribution in [0.1, 0.15) is 25.7 Å². The van der Waals surface area contributed by atoms with Gasteiger partial charge < -0.3 is 20.4 Å². The SMILES string of the molecule is O=C1[C@@H]2[C@H](CC[C@H]3[C@@H]1[C@@H](C(=O)O)C[C@H]3C(=O)O)[C@H](C(=O)O)C[C@@H]2C(=O)O. The molecule has 3 fully saturated rings. The van der Waals surface area contributed by atoms with E-state index in [1.807, 2.05) is 0 Å². The smallest absolute Gasteiger partial charge is 0.307 e. The molecule has 0 aliphatic heterocycles. The van der Waals surface area contributed by atoms with E-state index in [1.54, 1.807) is 0 Å². The maximum Gasteiger partial charge on any atom is 0.307 e. The predicted molar refractivity (Wildman–Crippen MR) is 81.9 cm³/mol. The second kappa shape index (κ2) is 6.37. The van der Waals surface area contributed by atoms with Crippen LogP contribution in [0.5, 0.6) is 0 Å². The van der Waals surface area contributed by atoms with E-state index in [0.29, 0.717) is 0 Å². The maximum atomic E-state index is 13.2. The van der Waals surface area contributed by atoms with Crippen LogP contribution < -0.4 is 0 Å². The van der Waals surface area contributed by atoms with Gasteiger partial charge in [0, 0.05) is 11.8 Å². The Kier molecular flexibility index (Phi) is 4.49. The number of carboxylic acids is 4. The Morgan fingerprint density at radius 1 is 0.615 bits per heavy atom. The fraction of sp³-hybridized carbons (Fsp3) is 0.706. The van der Waals surface area contributed by atoms with Crippen LogP contribution in [0.2, 0.25) is 0 Å². The number of rotatable bonds is 4. The van der Waals surface area contributed by atoms with E-state index in [4.69, 9.17) is 0 Å². The third kappa shape index (κ3) is 2.65. The molecule has 3 rings (SSSR count). The molecule has 0 aromatic rings. The average molecular weight is 368 g/mol. The van der Waals surface area contributed by atoms with Gasteiger partial charge in [0.2, 0.25) is 0 Å². The topological polar surface area (TPSA) is 166 Å². The lowest BCUT2D eigenvalue weighted by molar-refractivity contribution is -0.150. The fourth-order valence-corrected chi connectivity index (χ4v) is 5.55. The van der Waals surface area contributed by atoms with Crippen molar-refractivity contribution in [2.75, 3.05) is 0 Å². The van der Waals surface area contributed by atoms with E-state index in [0.717, 1.165) is 0 Å². The Morgan fingerprint density at radius 3 is 1.19 bits per heavy atom. The maximum absolute atomic E-state index is 13.2. The second-order valence-corrected chi connectivity index (χ2v) is 7.61. The number of aliphatic carboxylic acids is 4. The van der Waals surface area contributed by atoms with E-state index in [2.05, 4.69) is 0 Å². The van der Waals surface area contributed by atoms with Gasteiger partial charge in [-0.05, 0) is 37.5 Å². The summed E-state index contributed by atoms with van der Waals surface area (Å²) in [6.07, 6.45) is 0.106. The van der Waals surface area contributed by atoms with Crippen LogP contribution in [-0.2, 0) is 24.0 Å². The van der Waals surface area contributed by atoms with Gasteiger partial charge in [-0.1, -0.05) is 0 Å². The third-order valence-electron chi connectivity index (χ3n) is 6.60. The predicted octanol–water partition coefficient (Wildman–Crippen LogP) is 0.425. The fourth-order valence-electron chi connectivity index (χ4n) is 5.55. The molecule has 0 amide bonds. The van der Waals surface area contributed by atoms with Gasteiger partial charge in [0.25, 0.3) is 0 Å². The number of fused-ring (bicyclic) bond motifs is 2. The molecule has 0 bridgehead atoms. The summed E-state index contributed by atoms with van der Waals surface area (Å²) in [6, 6.07) is 0. The summed E-state index contributed by atoms with van der Waals surface area (Å²) >= 11 is 0. The van der Waals surface area contributed by atoms with Crippen molar-refractivity contribution in [1.29, 1.82) is 0 Å². The quantitative estimate of drug-likeness (QED) is 0.550. The minimum absolute atomic E-state index is 0.163. The molecule has 3 aliphatic rings. The monoisotopic (exact) mass is 368 g/mol. The van der Waals surface area contributed by atoms with Crippen molar-refractivity contribution in [3.8, 4) is 0 Å². The molecule has 0 unspecified atom stereocenters. The molecule has 3 aliphatic carbocycles. The first-order valence-electron chi connectivity index (χ1n) is 8.60. The number of ketones is 1. The Labute approximate surface area is 148 Å². The first-order valence-corrected chi connectivity index (χ1v) is 8.60. The summed E-state index contributed by atoms with van der Waals surface area (Å²) in [5.74, 6) is -13.3. The molecule has 26 heavy (non-hydrogen) atoms. The van der Waals surface area contributed by atoms with Crippen LogP contribution in [0, 0.1) is 47.3 Å². The van der Waals surface area contributed by atoms with Gasteiger partial charge in [0.05, 0.1) is 23.7 Å². The van der Waals surface area contributed by atoms with Gasteiger partial charge in [-0.2, -0.15) is 0 Å². The highest BCUT2D eigenvalue weighted by molar-refractivity contribution is 5.94. The van der Waals surface area contributed by atoms with Crippen molar-refractivity contribution in [1.82, 2.24) is 0 Å². The summed E-state index contributed by atoms with van der Waals surface area (Å²) < 4.78 is 0. The molecule has 0 spiro atoms. The van der Waals surface area contributed by atoms with Crippen molar-refractivity contribution < 1.29 is 44.4 Å². The van der Waals surface area contributed by atoms with Gasteiger partial charge in [-0.15, -0.1) is 0 Å². The van der Waals surface area contributed by atoms with Crippen molar-refractivity contribution in [3.63, 3.8) is 0 Å². The Morgan fingerprint density at radius 2 is 0.923 bits per heavy atom.